The van der Waals surface area contributed by atoms with E-state index in [0.29, 0.717) is 0 Å². The first-order valence-electron chi connectivity index (χ1n) is 8.20. The van der Waals surface area contributed by atoms with E-state index in [1.54, 1.807) is 6.26 Å². The lowest BCUT2D eigenvalue weighted by Crippen LogP contribution is -2.49. The van der Waals surface area contributed by atoms with Crippen molar-refractivity contribution in [3.63, 3.8) is 0 Å². The van der Waals surface area contributed by atoms with Crippen LogP contribution in [0.25, 0.3) is 0 Å². The molecule has 0 saturated carbocycles. The van der Waals surface area contributed by atoms with Gasteiger partial charge in [0.2, 0.25) is 0 Å². The number of urea groups is 1. The highest BCUT2D eigenvalue weighted by molar-refractivity contribution is 5.89. The Balaban J connectivity index is 1.48. The average molecular weight is 328 g/mol. The number of anilines is 2. The Hall–Kier alpha value is -2.47. The molecule has 0 unspecified atom stereocenters. The van der Waals surface area contributed by atoms with Gasteiger partial charge in [-0.3, -0.25) is 4.90 Å². The monoisotopic (exact) mass is 328 g/mol. The summed E-state index contributed by atoms with van der Waals surface area (Å²) in [5, 5.41) is 2.97. The van der Waals surface area contributed by atoms with Crippen molar-refractivity contribution in [1.29, 1.82) is 0 Å². The number of amides is 2. The summed E-state index contributed by atoms with van der Waals surface area (Å²) in [6.07, 6.45) is 1.70. The van der Waals surface area contributed by atoms with Crippen molar-refractivity contribution in [2.24, 2.45) is 0 Å². The summed E-state index contributed by atoms with van der Waals surface area (Å²) in [5.41, 5.74) is 1.93. The minimum absolute atomic E-state index is 0.0368. The third kappa shape index (κ3) is 4.08. The predicted molar refractivity (Wildman–Crippen MR) is 95.3 cm³/mol. The zero-order chi connectivity index (χ0) is 16.9. The molecule has 1 saturated heterocycles. The summed E-state index contributed by atoms with van der Waals surface area (Å²) >= 11 is 0. The number of carbonyl (C=O) groups excluding carboxylic acids is 1. The second-order valence-electron chi connectivity index (χ2n) is 6.21. The zero-order valence-electron chi connectivity index (χ0n) is 14.2. The first kappa shape index (κ1) is 16.4. The van der Waals surface area contributed by atoms with Crippen molar-refractivity contribution >= 4 is 17.4 Å². The molecule has 2 amide bonds. The van der Waals surface area contributed by atoms with Gasteiger partial charge in [0.1, 0.15) is 5.76 Å². The molecule has 128 valence electrons. The van der Waals surface area contributed by atoms with Crippen molar-refractivity contribution in [2.45, 2.75) is 6.54 Å². The van der Waals surface area contributed by atoms with E-state index >= 15 is 0 Å². The van der Waals surface area contributed by atoms with Crippen molar-refractivity contribution in [3.8, 4) is 0 Å². The molecular formula is C18H24N4O2. The van der Waals surface area contributed by atoms with Crippen molar-refractivity contribution < 1.29 is 9.21 Å². The van der Waals surface area contributed by atoms with Gasteiger partial charge in [0, 0.05) is 51.6 Å². The van der Waals surface area contributed by atoms with Crippen LogP contribution in [0, 0.1) is 0 Å². The molecule has 1 aliphatic rings. The van der Waals surface area contributed by atoms with Gasteiger partial charge < -0.3 is 19.5 Å². The van der Waals surface area contributed by atoms with Gasteiger partial charge in [-0.2, -0.15) is 0 Å². The van der Waals surface area contributed by atoms with Gasteiger partial charge in [-0.25, -0.2) is 4.79 Å². The number of hydrogen-bond donors (Lipinski definition) is 1. The van der Waals surface area contributed by atoms with Gasteiger partial charge in [0.15, 0.2) is 0 Å². The Labute approximate surface area is 142 Å². The van der Waals surface area contributed by atoms with Gasteiger partial charge in [-0.05, 0) is 36.4 Å². The first-order chi connectivity index (χ1) is 11.6. The van der Waals surface area contributed by atoms with Gasteiger partial charge in [0.25, 0.3) is 0 Å². The SMILES string of the molecule is CN(C)c1ccc(NC(=O)N2CCN(Cc3ccco3)CC2)cc1. The molecule has 1 fully saturated rings. The molecule has 2 aromatic rings. The molecule has 3 rings (SSSR count). The third-order valence-electron chi connectivity index (χ3n) is 4.25. The lowest BCUT2D eigenvalue weighted by atomic mass is 10.2. The van der Waals surface area contributed by atoms with E-state index in [-0.39, 0.29) is 6.03 Å². The number of carbonyl (C=O) groups is 1. The van der Waals surface area contributed by atoms with Crippen molar-refractivity contribution in [3.05, 3.63) is 48.4 Å². The number of nitrogens with one attached hydrogen (secondary N) is 1. The summed E-state index contributed by atoms with van der Waals surface area (Å²) in [4.78, 5) is 18.6. The Morgan fingerprint density at radius 2 is 1.83 bits per heavy atom. The number of benzene rings is 1. The summed E-state index contributed by atoms with van der Waals surface area (Å²) in [5.74, 6) is 0.967. The average Bonchev–Trinajstić information content (AvgIpc) is 3.09. The van der Waals surface area contributed by atoms with E-state index in [1.165, 1.54) is 0 Å². The maximum absolute atomic E-state index is 12.4. The summed E-state index contributed by atoms with van der Waals surface area (Å²) in [7, 11) is 3.99. The summed E-state index contributed by atoms with van der Waals surface area (Å²) in [6, 6.07) is 11.7. The van der Waals surface area contributed by atoms with Crippen LogP contribution in [-0.4, -0.2) is 56.1 Å². The number of nitrogens with zero attached hydrogens (tertiary/aromatic N) is 3. The van der Waals surface area contributed by atoms with Gasteiger partial charge in [0.05, 0.1) is 12.8 Å². The fourth-order valence-electron chi connectivity index (χ4n) is 2.78. The van der Waals surface area contributed by atoms with Gasteiger partial charge >= 0.3 is 6.03 Å². The Kier molecular flexibility index (Phi) is 5.05. The number of hydrogen-bond acceptors (Lipinski definition) is 4. The summed E-state index contributed by atoms with van der Waals surface area (Å²) in [6.45, 7) is 3.96. The number of furan rings is 1. The maximum atomic E-state index is 12.4. The number of piperazine rings is 1. The Morgan fingerprint density at radius 1 is 1.12 bits per heavy atom. The molecule has 0 bridgehead atoms. The third-order valence-corrected chi connectivity index (χ3v) is 4.25. The molecule has 0 aliphatic carbocycles. The fraction of sp³-hybridized carbons (Fsp3) is 0.389. The van der Waals surface area contributed by atoms with Crippen LogP contribution >= 0.6 is 0 Å². The quantitative estimate of drug-likeness (QED) is 0.937. The largest absolute Gasteiger partial charge is 0.468 e. The van der Waals surface area contributed by atoms with Crippen LogP contribution in [0.15, 0.2) is 47.1 Å². The van der Waals surface area contributed by atoms with Crippen LogP contribution in [0.5, 0.6) is 0 Å². The van der Waals surface area contributed by atoms with E-state index in [1.807, 2.05) is 60.3 Å². The molecule has 2 heterocycles. The van der Waals surface area contributed by atoms with E-state index in [9.17, 15) is 4.79 Å². The second-order valence-corrected chi connectivity index (χ2v) is 6.21. The fourth-order valence-corrected chi connectivity index (χ4v) is 2.78. The van der Waals surface area contributed by atoms with Crippen LogP contribution < -0.4 is 10.2 Å². The van der Waals surface area contributed by atoms with Crippen LogP contribution in [0.1, 0.15) is 5.76 Å². The highest BCUT2D eigenvalue weighted by Crippen LogP contribution is 2.16. The molecule has 6 heteroatoms. The van der Waals surface area contributed by atoms with E-state index < -0.39 is 0 Å². The highest BCUT2D eigenvalue weighted by Gasteiger charge is 2.21. The lowest BCUT2D eigenvalue weighted by molar-refractivity contribution is 0.137. The smallest absolute Gasteiger partial charge is 0.321 e. The molecule has 1 aromatic heterocycles. The van der Waals surface area contributed by atoms with Crippen LogP contribution in [0.3, 0.4) is 0 Å². The van der Waals surface area contributed by atoms with Crippen molar-refractivity contribution in [2.75, 3.05) is 50.5 Å². The minimum atomic E-state index is -0.0368. The molecule has 6 nitrogen and oxygen atoms in total. The molecular weight excluding hydrogens is 304 g/mol. The highest BCUT2D eigenvalue weighted by atomic mass is 16.3. The zero-order valence-corrected chi connectivity index (χ0v) is 14.2. The molecule has 1 aromatic carbocycles. The van der Waals surface area contributed by atoms with Gasteiger partial charge in [-0.15, -0.1) is 0 Å². The second kappa shape index (κ2) is 7.40. The molecule has 1 aliphatic heterocycles. The predicted octanol–water partition coefficient (Wildman–Crippen LogP) is 2.70. The normalized spacial score (nSPS) is 15.3. The molecule has 0 spiro atoms. The van der Waals surface area contributed by atoms with E-state index in [0.717, 1.165) is 49.9 Å². The Bertz CT molecular complexity index is 644. The van der Waals surface area contributed by atoms with Crippen molar-refractivity contribution in [1.82, 2.24) is 9.80 Å². The topological polar surface area (TPSA) is 52.0 Å². The molecule has 24 heavy (non-hydrogen) atoms. The molecule has 0 atom stereocenters. The van der Waals surface area contributed by atoms with E-state index in [4.69, 9.17) is 4.42 Å². The van der Waals surface area contributed by atoms with Crippen LogP contribution in [-0.2, 0) is 6.54 Å². The maximum Gasteiger partial charge on any atom is 0.321 e. The summed E-state index contributed by atoms with van der Waals surface area (Å²) < 4.78 is 5.38. The Morgan fingerprint density at radius 3 is 2.42 bits per heavy atom. The van der Waals surface area contributed by atoms with Crippen LogP contribution in [0.2, 0.25) is 0 Å². The minimum Gasteiger partial charge on any atom is -0.468 e. The lowest BCUT2D eigenvalue weighted by Gasteiger charge is -2.34. The standard InChI is InChI=1S/C18H24N4O2/c1-20(2)16-7-5-15(6-8-16)19-18(23)22-11-9-21(10-12-22)14-17-4-3-13-24-17/h3-8,13H,9-12,14H2,1-2H3,(H,19,23). The number of rotatable bonds is 4. The van der Waals surface area contributed by atoms with Crippen LogP contribution in [0.4, 0.5) is 16.2 Å². The molecule has 0 radical (unpaired) electrons. The van der Waals surface area contributed by atoms with E-state index in [2.05, 4.69) is 10.2 Å². The van der Waals surface area contributed by atoms with Gasteiger partial charge in [-0.1, -0.05) is 0 Å². The molecule has 1 N–H and O–H groups in total. The first-order valence-corrected chi connectivity index (χ1v) is 8.20.